The number of hydrogen-bond acceptors (Lipinski definition) is 2. The van der Waals surface area contributed by atoms with Crippen LogP contribution in [0, 0.1) is 0 Å². The summed E-state index contributed by atoms with van der Waals surface area (Å²) in [5, 5.41) is 13.0. The summed E-state index contributed by atoms with van der Waals surface area (Å²) in [7, 11) is 1.89. The van der Waals surface area contributed by atoms with Gasteiger partial charge in [0, 0.05) is 18.7 Å². The molecule has 0 aromatic carbocycles. The van der Waals surface area contributed by atoms with Crippen LogP contribution in [-0.4, -0.2) is 20.9 Å². The molecule has 0 bridgehead atoms. The van der Waals surface area contributed by atoms with Gasteiger partial charge in [-0.15, -0.1) is 0 Å². The Bertz CT molecular complexity index is 357. The minimum atomic E-state index is -0.718. The topological polar surface area (TPSA) is 55.1 Å². The van der Waals surface area contributed by atoms with Crippen molar-refractivity contribution in [3.05, 3.63) is 17.5 Å². The Morgan fingerprint density at radius 1 is 1.79 bits per heavy atom. The molecule has 0 fully saturated rings. The molecule has 0 aliphatic heterocycles. The minimum absolute atomic E-state index is 0.156. The van der Waals surface area contributed by atoms with Crippen molar-refractivity contribution in [1.29, 1.82) is 0 Å². The second-order valence-corrected chi connectivity index (χ2v) is 3.87. The summed E-state index contributed by atoms with van der Waals surface area (Å²) in [5.41, 5.74) is 2.35. The Morgan fingerprint density at radius 3 is 3.29 bits per heavy atom. The van der Waals surface area contributed by atoms with E-state index in [1.165, 1.54) is 5.56 Å². The van der Waals surface area contributed by atoms with E-state index < -0.39 is 5.97 Å². The second-order valence-electron chi connectivity index (χ2n) is 3.87. The van der Waals surface area contributed by atoms with Crippen LogP contribution in [0.5, 0.6) is 0 Å². The molecule has 1 unspecified atom stereocenters. The lowest BCUT2D eigenvalue weighted by molar-refractivity contribution is -0.137. The van der Waals surface area contributed by atoms with Gasteiger partial charge in [-0.1, -0.05) is 0 Å². The molecular weight excluding hydrogens is 180 g/mol. The summed E-state index contributed by atoms with van der Waals surface area (Å²) in [5.74, 6) is -0.562. The number of nitrogens with zero attached hydrogens (tertiary/aromatic N) is 2. The number of carboxylic acid groups (broad SMARTS) is 1. The lowest BCUT2D eigenvalue weighted by Gasteiger charge is -2.21. The fourth-order valence-electron chi connectivity index (χ4n) is 2.30. The SMILES string of the molecule is Cn1ncc2c1C(CC(=O)O)CCC2. The van der Waals surface area contributed by atoms with E-state index in [-0.39, 0.29) is 12.3 Å². The zero-order valence-corrected chi connectivity index (χ0v) is 8.23. The van der Waals surface area contributed by atoms with Gasteiger partial charge in [-0.25, -0.2) is 0 Å². The van der Waals surface area contributed by atoms with E-state index in [2.05, 4.69) is 5.10 Å². The van der Waals surface area contributed by atoms with Gasteiger partial charge in [0.05, 0.1) is 12.6 Å². The van der Waals surface area contributed by atoms with Crippen molar-refractivity contribution in [1.82, 2.24) is 9.78 Å². The summed E-state index contributed by atoms with van der Waals surface area (Å²) in [6, 6.07) is 0. The molecule has 1 aliphatic carbocycles. The smallest absolute Gasteiger partial charge is 0.304 e. The molecular formula is C10H14N2O2. The number of aromatic nitrogens is 2. The molecule has 1 heterocycles. The van der Waals surface area contributed by atoms with E-state index in [9.17, 15) is 4.79 Å². The molecule has 2 rings (SSSR count). The van der Waals surface area contributed by atoms with Gasteiger partial charge in [0.1, 0.15) is 0 Å². The highest BCUT2D eigenvalue weighted by Crippen LogP contribution is 2.33. The highest BCUT2D eigenvalue weighted by Gasteiger charge is 2.25. The zero-order chi connectivity index (χ0) is 10.1. The van der Waals surface area contributed by atoms with Crippen molar-refractivity contribution in [2.75, 3.05) is 0 Å². The Morgan fingerprint density at radius 2 is 2.57 bits per heavy atom. The van der Waals surface area contributed by atoms with E-state index in [0.29, 0.717) is 0 Å². The summed E-state index contributed by atoms with van der Waals surface area (Å²) < 4.78 is 1.82. The van der Waals surface area contributed by atoms with Gasteiger partial charge >= 0.3 is 5.97 Å². The number of rotatable bonds is 2. The van der Waals surface area contributed by atoms with Crippen LogP contribution in [0.2, 0.25) is 0 Å². The first-order chi connectivity index (χ1) is 6.68. The van der Waals surface area contributed by atoms with Gasteiger partial charge in [0.15, 0.2) is 0 Å². The molecule has 14 heavy (non-hydrogen) atoms. The lowest BCUT2D eigenvalue weighted by Crippen LogP contribution is -2.16. The molecule has 76 valence electrons. The molecule has 0 amide bonds. The van der Waals surface area contributed by atoms with Crippen molar-refractivity contribution in [3.8, 4) is 0 Å². The minimum Gasteiger partial charge on any atom is -0.481 e. The third-order valence-electron chi connectivity index (χ3n) is 2.87. The molecule has 4 heteroatoms. The lowest BCUT2D eigenvalue weighted by atomic mass is 9.86. The fraction of sp³-hybridized carbons (Fsp3) is 0.600. The highest BCUT2D eigenvalue weighted by atomic mass is 16.4. The van der Waals surface area contributed by atoms with Crippen molar-refractivity contribution < 1.29 is 9.90 Å². The first-order valence-corrected chi connectivity index (χ1v) is 4.91. The Balaban J connectivity index is 2.29. The van der Waals surface area contributed by atoms with Gasteiger partial charge in [0.2, 0.25) is 0 Å². The summed E-state index contributed by atoms with van der Waals surface area (Å²) >= 11 is 0. The zero-order valence-electron chi connectivity index (χ0n) is 8.23. The van der Waals surface area contributed by atoms with Crippen LogP contribution in [-0.2, 0) is 18.3 Å². The van der Waals surface area contributed by atoms with Gasteiger partial charge < -0.3 is 5.11 Å². The van der Waals surface area contributed by atoms with Crippen LogP contribution in [0.4, 0.5) is 0 Å². The predicted molar refractivity (Wildman–Crippen MR) is 51.1 cm³/mol. The van der Waals surface area contributed by atoms with Gasteiger partial charge in [-0.05, 0) is 24.8 Å². The number of carbonyl (C=O) groups is 1. The molecule has 1 N–H and O–H groups in total. The van der Waals surface area contributed by atoms with Gasteiger partial charge in [-0.3, -0.25) is 9.48 Å². The number of hydrogen-bond donors (Lipinski definition) is 1. The monoisotopic (exact) mass is 194 g/mol. The number of carboxylic acids is 1. The van der Waals surface area contributed by atoms with Crippen LogP contribution < -0.4 is 0 Å². The van der Waals surface area contributed by atoms with Gasteiger partial charge in [0.25, 0.3) is 0 Å². The van der Waals surface area contributed by atoms with E-state index in [1.807, 2.05) is 17.9 Å². The maximum Gasteiger partial charge on any atom is 0.304 e. The largest absolute Gasteiger partial charge is 0.481 e. The summed E-state index contributed by atoms with van der Waals surface area (Å²) in [6.07, 6.45) is 5.19. The van der Waals surface area contributed by atoms with Crippen LogP contribution in [0.25, 0.3) is 0 Å². The van der Waals surface area contributed by atoms with Crippen LogP contribution in [0.1, 0.15) is 36.4 Å². The maximum absolute atomic E-state index is 10.7. The molecule has 0 saturated carbocycles. The number of aryl methyl sites for hydroxylation is 2. The highest BCUT2D eigenvalue weighted by molar-refractivity contribution is 5.68. The molecule has 1 aliphatic rings. The molecule has 4 nitrogen and oxygen atoms in total. The van der Waals surface area contributed by atoms with E-state index in [4.69, 9.17) is 5.11 Å². The quantitative estimate of drug-likeness (QED) is 0.772. The molecule has 0 spiro atoms. The van der Waals surface area contributed by atoms with Crippen molar-refractivity contribution in [2.24, 2.45) is 7.05 Å². The first-order valence-electron chi connectivity index (χ1n) is 4.91. The third-order valence-corrected chi connectivity index (χ3v) is 2.87. The Labute approximate surface area is 82.5 Å². The molecule has 0 radical (unpaired) electrons. The molecule has 1 aromatic rings. The molecule has 1 atom stereocenters. The van der Waals surface area contributed by atoms with Crippen molar-refractivity contribution >= 4 is 5.97 Å². The summed E-state index contributed by atoms with van der Waals surface area (Å²) in [6.45, 7) is 0. The maximum atomic E-state index is 10.7. The van der Waals surface area contributed by atoms with E-state index in [1.54, 1.807) is 0 Å². The molecule has 0 saturated heterocycles. The average molecular weight is 194 g/mol. The van der Waals surface area contributed by atoms with Gasteiger partial charge in [-0.2, -0.15) is 5.10 Å². The Hall–Kier alpha value is -1.32. The summed E-state index contributed by atoms with van der Waals surface area (Å²) in [4.78, 5) is 10.7. The number of aliphatic carboxylic acids is 1. The molecule has 1 aromatic heterocycles. The fourth-order valence-corrected chi connectivity index (χ4v) is 2.30. The second kappa shape index (κ2) is 3.44. The van der Waals surface area contributed by atoms with Crippen LogP contribution in [0.3, 0.4) is 0 Å². The standard InChI is InChI=1S/C10H14N2O2/c1-12-10-7(5-9(13)14)3-2-4-8(10)6-11-12/h6-7H,2-5H2,1H3,(H,13,14). The first kappa shape index (κ1) is 9.24. The normalized spacial score (nSPS) is 20.5. The van der Waals surface area contributed by atoms with Crippen molar-refractivity contribution in [2.45, 2.75) is 31.6 Å². The predicted octanol–water partition coefficient (Wildman–Crippen LogP) is 1.31. The van der Waals surface area contributed by atoms with E-state index in [0.717, 1.165) is 25.0 Å². The third kappa shape index (κ3) is 1.52. The van der Waals surface area contributed by atoms with Crippen LogP contribution >= 0.6 is 0 Å². The number of fused-ring (bicyclic) bond motifs is 1. The van der Waals surface area contributed by atoms with Crippen LogP contribution in [0.15, 0.2) is 6.20 Å². The van der Waals surface area contributed by atoms with E-state index >= 15 is 0 Å². The Kier molecular flexibility index (Phi) is 2.27. The average Bonchev–Trinajstić information content (AvgIpc) is 2.48. The van der Waals surface area contributed by atoms with Crippen molar-refractivity contribution in [3.63, 3.8) is 0 Å².